The van der Waals surface area contributed by atoms with E-state index in [0.29, 0.717) is 12.2 Å². The number of halogens is 3. The van der Waals surface area contributed by atoms with E-state index in [2.05, 4.69) is 0 Å². The van der Waals surface area contributed by atoms with E-state index in [1.165, 1.54) is 12.1 Å². The summed E-state index contributed by atoms with van der Waals surface area (Å²) in [4.78, 5) is 15.3. The topological polar surface area (TPSA) is 61.6 Å². The molecule has 0 spiro atoms. The summed E-state index contributed by atoms with van der Waals surface area (Å²) in [6.45, 7) is 1.37. The molecule has 0 fully saturated rings. The Morgan fingerprint density at radius 3 is 2.38 bits per heavy atom. The van der Waals surface area contributed by atoms with Gasteiger partial charge in [-0.25, -0.2) is 0 Å². The lowest BCUT2D eigenvalue weighted by atomic mass is 10.1. The third-order valence-electron chi connectivity index (χ3n) is 2.88. The highest BCUT2D eigenvalue weighted by Crippen LogP contribution is 2.26. The predicted octanol–water partition coefficient (Wildman–Crippen LogP) is 1.52. The molecule has 1 rings (SSSR count). The minimum atomic E-state index is -4.78. The van der Waals surface area contributed by atoms with Crippen molar-refractivity contribution in [3.05, 3.63) is 23.8 Å². The normalized spacial score (nSPS) is 11.6. The number of carbonyl (C=O) groups excluding carboxylic acids is 1. The molecule has 0 heterocycles. The van der Waals surface area contributed by atoms with Gasteiger partial charge >= 0.3 is 6.30 Å². The first-order chi connectivity index (χ1) is 9.61. The van der Waals surface area contributed by atoms with E-state index in [9.17, 15) is 18.0 Å². The molecule has 0 aliphatic heterocycles. The number of amides is 1. The summed E-state index contributed by atoms with van der Waals surface area (Å²) < 4.78 is 36.6. The van der Waals surface area contributed by atoms with Gasteiger partial charge in [0, 0.05) is 20.1 Å². The van der Waals surface area contributed by atoms with E-state index in [-0.39, 0.29) is 11.3 Å². The Morgan fingerprint density at radius 2 is 1.86 bits per heavy atom. The highest BCUT2D eigenvalue weighted by atomic mass is 19.4. The Morgan fingerprint density at radius 1 is 1.24 bits per heavy atom. The lowest BCUT2D eigenvalue weighted by Crippen LogP contribution is -2.37. The van der Waals surface area contributed by atoms with Crippen LogP contribution in [-0.2, 0) is 0 Å². The standard InChI is InChI=1S/C13H19F3N4O/c1-19(2)7-8-20(3)10-6-4-5-9(11(10)17)12(21)18-13(14,15)16/h4-6H,7-8,17H2,1-3H3,(H,18,21). The molecular formula is C13H19F3N4O. The quantitative estimate of drug-likeness (QED) is 0.639. The molecule has 1 aromatic rings. The zero-order valence-corrected chi connectivity index (χ0v) is 12.2. The summed E-state index contributed by atoms with van der Waals surface area (Å²) in [5.41, 5.74) is 6.18. The van der Waals surface area contributed by atoms with Crippen LogP contribution in [0, 0.1) is 0 Å². The summed E-state index contributed by atoms with van der Waals surface area (Å²) in [5.74, 6) is -1.26. The third kappa shape index (κ3) is 5.14. The second-order valence-corrected chi connectivity index (χ2v) is 4.92. The van der Waals surface area contributed by atoms with Crippen molar-refractivity contribution >= 4 is 17.3 Å². The van der Waals surface area contributed by atoms with Crippen molar-refractivity contribution in [2.45, 2.75) is 6.30 Å². The second kappa shape index (κ2) is 6.66. The molecule has 1 aromatic carbocycles. The van der Waals surface area contributed by atoms with Crippen LogP contribution in [0.1, 0.15) is 10.4 Å². The number of benzene rings is 1. The summed E-state index contributed by atoms with van der Waals surface area (Å²) >= 11 is 0. The number of para-hydroxylation sites is 1. The number of nitrogen functional groups attached to an aromatic ring is 1. The summed E-state index contributed by atoms with van der Waals surface area (Å²) in [6, 6.07) is 4.43. The average molecular weight is 304 g/mol. The van der Waals surface area contributed by atoms with Crippen LogP contribution in [-0.4, -0.2) is 51.3 Å². The fourth-order valence-corrected chi connectivity index (χ4v) is 1.75. The zero-order chi connectivity index (χ0) is 16.2. The van der Waals surface area contributed by atoms with Crippen molar-refractivity contribution in [3.63, 3.8) is 0 Å². The number of carbonyl (C=O) groups is 1. The number of nitrogens with one attached hydrogen (secondary N) is 1. The van der Waals surface area contributed by atoms with Crippen LogP contribution in [0.2, 0.25) is 0 Å². The predicted molar refractivity (Wildman–Crippen MR) is 76.2 cm³/mol. The molecule has 0 saturated heterocycles. The Labute approximate surface area is 121 Å². The lowest BCUT2D eigenvalue weighted by Gasteiger charge is -2.24. The van der Waals surface area contributed by atoms with Gasteiger partial charge in [-0.3, -0.25) is 10.1 Å². The van der Waals surface area contributed by atoms with E-state index in [1.807, 2.05) is 19.0 Å². The van der Waals surface area contributed by atoms with Crippen LogP contribution in [0.15, 0.2) is 18.2 Å². The molecule has 3 N–H and O–H groups in total. The summed E-state index contributed by atoms with van der Waals surface area (Å²) in [5, 5.41) is 0.947. The van der Waals surface area contributed by atoms with Crippen molar-refractivity contribution in [3.8, 4) is 0 Å². The highest BCUT2D eigenvalue weighted by Gasteiger charge is 2.31. The minimum absolute atomic E-state index is 0.0282. The van der Waals surface area contributed by atoms with Crippen molar-refractivity contribution in [1.82, 2.24) is 10.2 Å². The molecule has 0 atom stereocenters. The fourth-order valence-electron chi connectivity index (χ4n) is 1.75. The average Bonchev–Trinajstić information content (AvgIpc) is 2.33. The van der Waals surface area contributed by atoms with Crippen LogP contribution in [0.25, 0.3) is 0 Å². The van der Waals surface area contributed by atoms with E-state index >= 15 is 0 Å². The van der Waals surface area contributed by atoms with Crippen LogP contribution >= 0.6 is 0 Å². The van der Waals surface area contributed by atoms with E-state index in [4.69, 9.17) is 5.73 Å². The molecule has 0 aliphatic carbocycles. The van der Waals surface area contributed by atoms with Gasteiger partial charge in [0.25, 0.3) is 5.91 Å². The number of nitrogens with two attached hydrogens (primary N) is 1. The first kappa shape index (κ1) is 17.1. The van der Waals surface area contributed by atoms with E-state index < -0.39 is 12.2 Å². The molecule has 0 bridgehead atoms. The van der Waals surface area contributed by atoms with Gasteiger partial charge in [0.1, 0.15) is 0 Å². The second-order valence-electron chi connectivity index (χ2n) is 4.92. The van der Waals surface area contributed by atoms with Gasteiger partial charge in [0.05, 0.1) is 16.9 Å². The van der Waals surface area contributed by atoms with Crippen molar-refractivity contribution in [1.29, 1.82) is 0 Å². The molecule has 21 heavy (non-hydrogen) atoms. The van der Waals surface area contributed by atoms with Gasteiger partial charge < -0.3 is 15.5 Å². The SMILES string of the molecule is CN(C)CCN(C)c1cccc(C(=O)NC(F)(F)F)c1N. The summed E-state index contributed by atoms with van der Waals surface area (Å²) in [7, 11) is 5.58. The number of hydrogen-bond acceptors (Lipinski definition) is 4. The molecule has 0 aromatic heterocycles. The Hall–Kier alpha value is -1.96. The Bertz CT molecular complexity index is 503. The van der Waals surface area contributed by atoms with E-state index in [1.54, 1.807) is 18.0 Å². The lowest BCUT2D eigenvalue weighted by molar-refractivity contribution is -0.146. The first-order valence-electron chi connectivity index (χ1n) is 6.25. The number of rotatable bonds is 5. The molecule has 118 valence electrons. The van der Waals surface area contributed by atoms with Gasteiger partial charge in [0.2, 0.25) is 0 Å². The monoisotopic (exact) mass is 304 g/mol. The van der Waals surface area contributed by atoms with Gasteiger partial charge in [-0.15, -0.1) is 0 Å². The zero-order valence-electron chi connectivity index (χ0n) is 12.2. The fraction of sp³-hybridized carbons (Fsp3) is 0.462. The molecule has 0 aliphatic rings. The third-order valence-corrected chi connectivity index (χ3v) is 2.88. The molecule has 5 nitrogen and oxygen atoms in total. The Kier molecular flexibility index (Phi) is 5.42. The Balaban J connectivity index is 2.95. The molecular weight excluding hydrogens is 285 g/mol. The first-order valence-corrected chi connectivity index (χ1v) is 6.25. The smallest absolute Gasteiger partial charge is 0.396 e. The van der Waals surface area contributed by atoms with Crippen LogP contribution < -0.4 is 16.0 Å². The number of hydrogen-bond donors (Lipinski definition) is 2. The van der Waals surface area contributed by atoms with Gasteiger partial charge in [-0.05, 0) is 26.2 Å². The van der Waals surface area contributed by atoms with Crippen LogP contribution in [0.3, 0.4) is 0 Å². The molecule has 8 heteroatoms. The maximum atomic E-state index is 12.2. The van der Waals surface area contributed by atoms with Gasteiger partial charge in [0.15, 0.2) is 0 Å². The molecule has 0 unspecified atom stereocenters. The minimum Gasteiger partial charge on any atom is -0.396 e. The van der Waals surface area contributed by atoms with Gasteiger partial charge in [-0.2, -0.15) is 13.2 Å². The molecule has 1 amide bonds. The summed E-state index contributed by atoms with van der Waals surface area (Å²) in [6.07, 6.45) is -4.78. The number of anilines is 2. The number of nitrogens with zero attached hydrogens (tertiary/aromatic N) is 2. The van der Waals surface area contributed by atoms with E-state index in [0.717, 1.165) is 11.9 Å². The van der Waals surface area contributed by atoms with Crippen molar-refractivity contribution in [2.24, 2.45) is 0 Å². The molecule has 0 radical (unpaired) electrons. The van der Waals surface area contributed by atoms with Crippen molar-refractivity contribution < 1.29 is 18.0 Å². The van der Waals surface area contributed by atoms with Crippen LogP contribution in [0.4, 0.5) is 24.5 Å². The van der Waals surface area contributed by atoms with Crippen LogP contribution in [0.5, 0.6) is 0 Å². The maximum absolute atomic E-state index is 12.2. The largest absolute Gasteiger partial charge is 0.484 e. The van der Waals surface area contributed by atoms with Gasteiger partial charge in [-0.1, -0.05) is 6.07 Å². The number of alkyl halides is 3. The molecule has 0 saturated carbocycles. The highest BCUT2D eigenvalue weighted by molar-refractivity contribution is 6.02. The number of likely N-dealkylation sites (N-methyl/N-ethyl adjacent to an activating group) is 2. The van der Waals surface area contributed by atoms with Crippen molar-refractivity contribution in [2.75, 3.05) is 44.9 Å². The maximum Gasteiger partial charge on any atom is 0.484 e.